The molecule has 18 heavy (non-hydrogen) atoms. The molecule has 104 valence electrons. The number of nitrogens with zero attached hydrogens (tertiary/aromatic N) is 1. The number of amides is 1. The van der Waals surface area contributed by atoms with Crippen LogP contribution in [0.1, 0.15) is 40.5 Å². The van der Waals surface area contributed by atoms with Crippen LogP contribution in [0.15, 0.2) is 0 Å². The number of hydrogen-bond acceptors (Lipinski definition) is 4. The first-order chi connectivity index (χ1) is 8.28. The average molecular weight is 272 g/mol. The SMILES string of the molecule is CC(=N)CSC1CCN(C(=O)OC(C)(C)C)CC1. The predicted molar refractivity (Wildman–Crippen MR) is 76.7 cm³/mol. The van der Waals surface area contributed by atoms with Crippen molar-refractivity contribution in [3.8, 4) is 0 Å². The van der Waals surface area contributed by atoms with E-state index in [9.17, 15) is 4.79 Å². The molecule has 1 fully saturated rings. The summed E-state index contributed by atoms with van der Waals surface area (Å²) in [5.41, 5.74) is 0.301. The van der Waals surface area contributed by atoms with Gasteiger partial charge in [-0.05, 0) is 40.5 Å². The standard InChI is InChI=1S/C13H24N2O2S/c1-10(14)9-18-11-5-7-15(8-6-11)12(16)17-13(2,3)4/h11,14H,5-9H2,1-4H3. The molecular weight excluding hydrogens is 248 g/mol. The second kappa shape index (κ2) is 6.45. The van der Waals surface area contributed by atoms with E-state index in [0.717, 1.165) is 37.4 Å². The summed E-state index contributed by atoms with van der Waals surface area (Å²) in [7, 11) is 0. The summed E-state index contributed by atoms with van der Waals surface area (Å²) in [6.07, 6.45) is 1.79. The van der Waals surface area contributed by atoms with E-state index in [-0.39, 0.29) is 6.09 Å². The zero-order chi connectivity index (χ0) is 13.8. The normalized spacial score (nSPS) is 17.7. The molecule has 1 aliphatic heterocycles. The van der Waals surface area contributed by atoms with Crippen LogP contribution in [0.25, 0.3) is 0 Å². The molecule has 0 aromatic heterocycles. The summed E-state index contributed by atoms with van der Waals surface area (Å²) in [6, 6.07) is 0. The Balaban J connectivity index is 2.30. The number of carbonyl (C=O) groups excluding carboxylic acids is 1. The number of rotatable bonds is 3. The molecule has 4 nitrogen and oxygen atoms in total. The number of nitrogens with one attached hydrogen (secondary N) is 1. The number of thioether (sulfide) groups is 1. The minimum absolute atomic E-state index is 0.200. The highest BCUT2D eigenvalue weighted by atomic mass is 32.2. The molecule has 0 aromatic rings. The van der Waals surface area contributed by atoms with Crippen molar-refractivity contribution >= 4 is 23.6 Å². The van der Waals surface area contributed by atoms with Crippen LogP contribution in [0.4, 0.5) is 4.79 Å². The van der Waals surface area contributed by atoms with Gasteiger partial charge in [0, 0.05) is 29.8 Å². The molecule has 0 atom stereocenters. The number of ether oxygens (including phenoxy) is 1. The molecule has 0 spiro atoms. The smallest absolute Gasteiger partial charge is 0.410 e. The molecule has 0 radical (unpaired) electrons. The van der Waals surface area contributed by atoms with Crippen molar-refractivity contribution in [1.29, 1.82) is 5.41 Å². The van der Waals surface area contributed by atoms with E-state index in [1.807, 2.05) is 39.5 Å². The third-order valence-electron chi connectivity index (χ3n) is 2.63. The predicted octanol–water partition coefficient (Wildman–Crippen LogP) is 3.16. The van der Waals surface area contributed by atoms with Crippen LogP contribution in [0.3, 0.4) is 0 Å². The van der Waals surface area contributed by atoms with Gasteiger partial charge in [-0.25, -0.2) is 4.79 Å². The lowest BCUT2D eigenvalue weighted by atomic mass is 10.1. The van der Waals surface area contributed by atoms with E-state index in [1.54, 1.807) is 4.90 Å². The quantitative estimate of drug-likeness (QED) is 0.803. The highest BCUT2D eigenvalue weighted by Gasteiger charge is 2.26. The first-order valence-electron chi connectivity index (χ1n) is 6.41. The summed E-state index contributed by atoms with van der Waals surface area (Å²) in [6.45, 7) is 9.04. The Morgan fingerprint density at radius 1 is 1.39 bits per heavy atom. The minimum atomic E-state index is -0.417. The summed E-state index contributed by atoms with van der Waals surface area (Å²) in [4.78, 5) is 13.6. The monoisotopic (exact) mass is 272 g/mol. The maximum absolute atomic E-state index is 11.8. The van der Waals surface area contributed by atoms with E-state index in [0.29, 0.717) is 5.25 Å². The average Bonchev–Trinajstić information content (AvgIpc) is 2.24. The fourth-order valence-electron chi connectivity index (χ4n) is 1.77. The summed E-state index contributed by atoms with van der Waals surface area (Å²) < 4.78 is 5.36. The van der Waals surface area contributed by atoms with Gasteiger partial charge in [-0.1, -0.05) is 0 Å². The minimum Gasteiger partial charge on any atom is -0.444 e. The van der Waals surface area contributed by atoms with Crippen molar-refractivity contribution in [1.82, 2.24) is 4.90 Å². The molecule has 5 heteroatoms. The van der Waals surface area contributed by atoms with Gasteiger partial charge in [0.15, 0.2) is 0 Å². The second-order valence-electron chi connectivity index (χ2n) is 5.76. The van der Waals surface area contributed by atoms with Crippen LogP contribution >= 0.6 is 11.8 Å². The van der Waals surface area contributed by atoms with Gasteiger partial charge in [-0.3, -0.25) is 0 Å². The van der Waals surface area contributed by atoms with Crippen LogP contribution in [0.2, 0.25) is 0 Å². The van der Waals surface area contributed by atoms with Crippen molar-refractivity contribution in [2.75, 3.05) is 18.8 Å². The van der Waals surface area contributed by atoms with Gasteiger partial charge in [-0.2, -0.15) is 11.8 Å². The van der Waals surface area contributed by atoms with Crippen molar-refractivity contribution in [2.24, 2.45) is 0 Å². The lowest BCUT2D eigenvalue weighted by molar-refractivity contribution is 0.0219. The Morgan fingerprint density at radius 2 is 1.94 bits per heavy atom. The van der Waals surface area contributed by atoms with E-state index in [1.165, 1.54) is 0 Å². The van der Waals surface area contributed by atoms with Crippen molar-refractivity contribution in [3.05, 3.63) is 0 Å². The maximum atomic E-state index is 11.8. The summed E-state index contributed by atoms with van der Waals surface area (Å²) in [5.74, 6) is 0.803. The van der Waals surface area contributed by atoms with Gasteiger partial charge in [0.1, 0.15) is 5.60 Å². The Kier molecular flexibility index (Phi) is 5.50. The zero-order valence-electron chi connectivity index (χ0n) is 11.8. The number of carbonyl (C=O) groups is 1. The Hall–Kier alpha value is -0.710. The van der Waals surface area contributed by atoms with Crippen LogP contribution < -0.4 is 0 Å². The molecule has 1 amide bonds. The van der Waals surface area contributed by atoms with Gasteiger partial charge >= 0.3 is 6.09 Å². The molecule has 1 aliphatic rings. The maximum Gasteiger partial charge on any atom is 0.410 e. The molecule has 0 aromatic carbocycles. The molecule has 1 heterocycles. The number of likely N-dealkylation sites (tertiary alicyclic amines) is 1. The van der Waals surface area contributed by atoms with Gasteiger partial charge in [0.25, 0.3) is 0 Å². The first kappa shape index (κ1) is 15.3. The van der Waals surface area contributed by atoms with Crippen molar-refractivity contribution in [3.63, 3.8) is 0 Å². The largest absolute Gasteiger partial charge is 0.444 e. The lowest BCUT2D eigenvalue weighted by Gasteiger charge is -2.33. The number of hydrogen-bond donors (Lipinski definition) is 1. The fraction of sp³-hybridized carbons (Fsp3) is 0.846. The summed E-state index contributed by atoms with van der Waals surface area (Å²) >= 11 is 1.83. The Bertz CT molecular complexity index is 305. The van der Waals surface area contributed by atoms with Gasteiger partial charge in [-0.15, -0.1) is 0 Å². The molecule has 1 N–H and O–H groups in total. The van der Waals surface area contributed by atoms with E-state index in [4.69, 9.17) is 10.1 Å². The fourth-order valence-corrected chi connectivity index (χ4v) is 2.80. The lowest BCUT2D eigenvalue weighted by Crippen LogP contribution is -2.42. The van der Waals surface area contributed by atoms with Crippen LogP contribution in [0, 0.1) is 5.41 Å². The van der Waals surface area contributed by atoms with Gasteiger partial charge in [0.05, 0.1) is 0 Å². The molecule has 1 saturated heterocycles. The van der Waals surface area contributed by atoms with Crippen LogP contribution in [-0.4, -0.2) is 46.4 Å². The Morgan fingerprint density at radius 3 is 2.39 bits per heavy atom. The Labute approximate surface area is 114 Å². The third-order valence-corrected chi connectivity index (χ3v) is 4.17. The first-order valence-corrected chi connectivity index (χ1v) is 7.46. The van der Waals surface area contributed by atoms with E-state index in [2.05, 4.69) is 0 Å². The topological polar surface area (TPSA) is 53.4 Å². The van der Waals surface area contributed by atoms with Gasteiger partial charge < -0.3 is 15.0 Å². The molecular formula is C13H24N2O2S. The number of piperidine rings is 1. The molecule has 0 bridgehead atoms. The van der Waals surface area contributed by atoms with E-state index < -0.39 is 5.60 Å². The zero-order valence-corrected chi connectivity index (χ0v) is 12.6. The van der Waals surface area contributed by atoms with Crippen LogP contribution in [0.5, 0.6) is 0 Å². The van der Waals surface area contributed by atoms with Crippen molar-refractivity contribution in [2.45, 2.75) is 51.4 Å². The molecule has 0 unspecified atom stereocenters. The van der Waals surface area contributed by atoms with E-state index >= 15 is 0 Å². The van der Waals surface area contributed by atoms with Crippen LogP contribution in [-0.2, 0) is 4.74 Å². The highest BCUT2D eigenvalue weighted by Crippen LogP contribution is 2.24. The third kappa shape index (κ3) is 5.76. The second-order valence-corrected chi connectivity index (χ2v) is 7.05. The molecule has 0 aliphatic carbocycles. The highest BCUT2D eigenvalue weighted by molar-refractivity contribution is 8.00. The summed E-state index contributed by atoms with van der Waals surface area (Å²) in [5, 5.41) is 7.99. The van der Waals surface area contributed by atoms with Gasteiger partial charge in [0.2, 0.25) is 0 Å². The van der Waals surface area contributed by atoms with Crippen molar-refractivity contribution < 1.29 is 9.53 Å². The molecule has 1 rings (SSSR count). The molecule has 0 saturated carbocycles.